The number of rotatable bonds is 12. The molecule has 180 valence electrons. The molecule has 0 spiro atoms. The van der Waals surface area contributed by atoms with Crippen molar-refractivity contribution in [2.24, 2.45) is 0 Å². The molecule has 2 rings (SSSR count). The van der Waals surface area contributed by atoms with E-state index >= 15 is 0 Å². The van der Waals surface area contributed by atoms with Crippen molar-refractivity contribution in [2.45, 2.75) is 82.9 Å². The second-order valence-corrected chi connectivity index (χ2v) is 15.2. The minimum absolute atomic E-state index is 0.0975. The Hall–Kier alpha value is -1.60. The van der Waals surface area contributed by atoms with Gasteiger partial charge in [-0.05, 0) is 56.5 Å². The van der Waals surface area contributed by atoms with E-state index in [1.807, 2.05) is 25.1 Å². The van der Waals surface area contributed by atoms with Gasteiger partial charge in [0.05, 0.1) is 20.8 Å². The van der Waals surface area contributed by atoms with Gasteiger partial charge in [0.1, 0.15) is 29.3 Å². The predicted octanol–water partition coefficient (Wildman–Crippen LogP) is 5.98. The molecule has 0 saturated carbocycles. The fourth-order valence-electron chi connectivity index (χ4n) is 3.78. The van der Waals surface area contributed by atoms with Gasteiger partial charge in [-0.15, -0.1) is 6.58 Å². The number of hydrogen-bond acceptors (Lipinski definition) is 5. The van der Waals surface area contributed by atoms with Crippen LogP contribution in [0.2, 0.25) is 18.1 Å². The molecule has 1 fully saturated rings. The predicted molar refractivity (Wildman–Crippen MR) is 133 cm³/mol. The maximum Gasteiger partial charge on any atom is 0.192 e. The van der Waals surface area contributed by atoms with Crippen LogP contribution in [0.25, 0.3) is 0 Å². The SMILES string of the molecule is C=CCC[C@]1(CO[Si](C)(C)C(C)(C)C)O[C@H]1[C@H](O)c1c(OC)ccc(OC)c1CC(=C)C. The first-order chi connectivity index (χ1) is 14.8. The van der Waals surface area contributed by atoms with Crippen molar-refractivity contribution in [1.82, 2.24) is 0 Å². The van der Waals surface area contributed by atoms with E-state index in [1.54, 1.807) is 14.2 Å². The molecular weight excluding hydrogens is 420 g/mol. The highest BCUT2D eigenvalue weighted by atomic mass is 28.4. The molecule has 1 aromatic rings. The van der Waals surface area contributed by atoms with Crippen molar-refractivity contribution >= 4 is 8.32 Å². The quantitative estimate of drug-likeness (QED) is 0.235. The molecule has 5 nitrogen and oxygen atoms in total. The lowest BCUT2D eigenvalue weighted by atomic mass is 9.89. The highest BCUT2D eigenvalue weighted by Crippen LogP contribution is 2.52. The maximum absolute atomic E-state index is 11.5. The van der Waals surface area contributed by atoms with Gasteiger partial charge in [-0.1, -0.05) is 39.0 Å². The maximum atomic E-state index is 11.5. The van der Waals surface area contributed by atoms with Crippen LogP contribution in [0, 0.1) is 0 Å². The molecular formula is C26H42O5Si. The van der Waals surface area contributed by atoms with Crippen LogP contribution in [0.3, 0.4) is 0 Å². The summed E-state index contributed by atoms with van der Waals surface area (Å²) in [5.74, 6) is 1.32. The van der Waals surface area contributed by atoms with E-state index in [-0.39, 0.29) is 5.04 Å². The van der Waals surface area contributed by atoms with E-state index in [0.29, 0.717) is 30.1 Å². The van der Waals surface area contributed by atoms with Gasteiger partial charge in [0.25, 0.3) is 0 Å². The fraction of sp³-hybridized carbons (Fsp3) is 0.615. The average molecular weight is 463 g/mol. The number of benzene rings is 1. The van der Waals surface area contributed by atoms with Gasteiger partial charge in [-0.3, -0.25) is 0 Å². The van der Waals surface area contributed by atoms with Crippen LogP contribution >= 0.6 is 0 Å². The van der Waals surface area contributed by atoms with E-state index < -0.39 is 26.1 Å². The third-order valence-corrected chi connectivity index (χ3v) is 11.3. The van der Waals surface area contributed by atoms with E-state index in [4.69, 9.17) is 18.6 Å². The summed E-state index contributed by atoms with van der Waals surface area (Å²) in [5.41, 5.74) is 2.01. The van der Waals surface area contributed by atoms with Crippen molar-refractivity contribution in [3.05, 3.63) is 48.1 Å². The second kappa shape index (κ2) is 10.1. The number of methoxy groups -OCH3 is 2. The van der Waals surface area contributed by atoms with Crippen LogP contribution in [-0.4, -0.2) is 46.0 Å². The number of hydrogen-bond donors (Lipinski definition) is 1. The van der Waals surface area contributed by atoms with E-state index in [0.717, 1.165) is 24.0 Å². The Morgan fingerprint density at radius 3 is 2.34 bits per heavy atom. The highest BCUT2D eigenvalue weighted by molar-refractivity contribution is 6.74. The molecule has 0 radical (unpaired) electrons. The van der Waals surface area contributed by atoms with Crippen molar-refractivity contribution < 1.29 is 23.7 Å². The van der Waals surface area contributed by atoms with Gasteiger partial charge in [0, 0.05) is 11.1 Å². The molecule has 3 atom stereocenters. The smallest absolute Gasteiger partial charge is 0.192 e. The van der Waals surface area contributed by atoms with Gasteiger partial charge >= 0.3 is 0 Å². The first kappa shape index (κ1) is 26.6. The molecule has 0 aliphatic carbocycles. The molecule has 1 aliphatic rings. The molecule has 0 amide bonds. The van der Waals surface area contributed by atoms with Crippen molar-refractivity contribution in [3.8, 4) is 11.5 Å². The van der Waals surface area contributed by atoms with Crippen molar-refractivity contribution in [2.75, 3.05) is 20.8 Å². The van der Waals surface area contributed by atoms with E-state index in [1.165, 1.54) is 0 Å². The van der Waals surface area contributed by atoms with Gasteiger partial charge in [-0.2, -0.15) is 0 Å². The Bertz CT molecular complexity index is 826. The van der Waals surface area contributed by atoms with Gasteiger partial charge < -0.3 is 23.7 Å². The topological polar surface area (TPSA) is 60.5 Å². The third kappa shape index (κ3) is 5.65. The Morgan fingerprint density at radius 1 is 1.25 bits per heavy atom. The summed E-state index contributed by atoms with van der Waals surface area (Å²) in [5, 5.41) is 11.6. The van der Waals surface area contributed by atoms with Gasteiger partial charge in [0.15, 0.2) is 8.32 Å². The summed E-state index contributed by atoms with van der Waals surface area (Å²) in [6.45, 7) is 21.5. The van der Waals surface area contributed by atoms with Crippen LogP contribution < -0.4 is 9.47 Å². The number of allylic oxidation sites excluding steroid dienone is 2. The van der Waals surface area contributed by atoms with Crippen LogP contribution in [0.4, 0.5) is 0 Å². The Kier molecular flexibility index (Phi) is 8.43. The lowest BCUT2D eigenvalue weighted by molar-refractivity contribution is 0.131. The largest absolute Gasteiger partial charge is 0.496 e. The Labute approximate surface area is 195 Å². The van der Waals surface area contributed by atoms with Crippen molar-refractivity contribution in [3.63, 3.8) is 0 Å². The number of epoxide rings is 1. The Morgan fingerprint density at radius 2 is 1.84 bits per heavy atom. The Balaban J connectivity index is 2.40. The first-order valence-electron chi connectivity index (χ1n) is 11.3. The molecule has 1 aromatic carbocycles. The molecule has 1 saturated heterocycles. The molecule has 0 unspecified atom stereocenters. The molecule has 0 bridgehead atoms. The van der Waals surface area contributed by atoms with Gasteiger partial charge in [0.2, 0.25) is 0 Å². The summed E-state index contributed by atoms with van der Waals surface area (Å²) in [6.07, 6.45) is 2.74. The normalized spacial score (nSPS) is 21.7. The molecule has 0 aromatic heterocycles. The number of aliphatic hydroxyl groups excluding tert-OH is 1. The standard InChI is InChI=1S/C26H42O5Si/c1-11-12-15-26(17-30-32(9,10)25(4,5)6)24(31-26)23(27)22-19(16-18(2)3)20(28-7)13-14-21(22)29-8/h11,13-14,23-24,27H,1-2,12,15-17H2,3-10H3/t23-,24+,26-/m1/s1. The lowest BCUT2D eigenvalue weighted by Crippen LogP contribution is -2.44. The monoisotopic (exact) mass is 462 g/mol. The van der Waals surface area contributed by atoms with Crippen LogP contribution in [0.5, 0.6) is 11.5 Å². The van der Waals surface area contributed by atoms with Crippen LogP contribution in [0.15, 0.2) is 36.9 Å². The minimum atomic E-state index is -1.97. The highest BCUT2D eigenvalue weighted by Gasteiger charge is 2.61. The molecule has 32 heavy (non-hydrogen) atoms. The molecule has 1 heterocycles. The third-order valence-electron chi connectivity index (χ3n) is 6.85. The van der Waals surface area contributed by atoms with Crippen LogP contribution in [-0.2, 0) is 15.6 Å². The average Bonchev–Trinajstić information content (AvgIpc) is 3.43. The first-order valence-corrected chi connectivity index (χ1v) is 14.2. The summed E-state index contributed by atoms with van der Waals surface area (Å²) in [7, 11) is 1.28. The van der Waals surface area contributed by atoms with E-state index in [2.05, 4.69) is 47.0 Å². The summed E-state index contributed by atoms with van der Waals surface area (Å²) < 4.78 is 24.0. The zero-order valence-corrected chi connectivity index (χ0v) is 22.2. The van der Waals surface area contributed by atoms with Crippen molar-refractivity contribution in [1.29, 1.82) is 0 Å². The summed E-state index contributed by atoms with van der Waals surface area (Å²) in [4.78, 5) is 0. The minimum Gasteiger partial charge on any atom is -0.496 e. The lowest BCUT2D eigenvalue weighted by Gasteiger charge is -2.37. The number of aliphatic hydroxyl groups is 1. The zero-order valence-electron chi connectivity index (χ0n) is 21.2. The number of ether oxygens (including phenoxy) is 3. The second-order valence-electron chi connectivity index (χ2n) is 10.4. The summed E-state index contributed by atoms with van der Waals surface area (Å²) in [6, 6.07) is 3.70. The zero-order chi connectivity index (χ0) is 24.3. The molecule has 1 aliphatic heterocycles. The molecule has 1 N–H and O–H groups in total. The fourth-order valence-corrected chi connectivity index (χ4v) is 4.82. The van der Waals surface area contributed by atoms with E-state index in [9.17, 15) is 5.11 Å². The van der Waals surface area contributed by atoms with Crippen LogP contribution in [0.1, 0.15) is 57.8 Å². The molecule has 6 heteroatoms. The van der Waals surface area contributed by atoms with Gasteiger partial charge in [-0.25, -0.2) is 0 Å². The summed E-state index contributed by atoms with van der Waals surface area (Å²) >= 11 is 0.